The van der Waals surface area contributed by atoms with Gasteiger partial charge in [0.25, 0.3) is 5.91 Å². The van der Waals surface area contributed by atoms with Crippen molar-refractivity contribution in [3.63, 3.8) is 0 Å². The van der Waals surface area contributed by atoms with Gasteiger partial charge in [-0.1, -0.05) is 36.4 Å². The molecule has 1 amide bonds. The van der Waals surface area contributed by atoms with Crippen molar-refractivity contribution in [2.75, 3.05) is 11.6 Å². The highest BCUT2D eigenvalue weighted by Gasteiger charge is 2.50. The van der Waals surface area contributed by atoms with Crippen LogP contribution >= 0.6 is 11.6 Å². The van der Waals surface area contributed by atoms with Crippen LogP contribution in [0.15, 0.2) is 54.6 Å². The number of benzene rings is 2. The van der Waals surface area contributed by atoms with Crippen LogP contribution in [0.3, 0.4) is 0 Å². The number of fused-ring (bicyclic) bond motifs is 1. The molecule has 2 unspecified atom stereocenters. The summed E-state index contributed by atoms with van der Waals surface area (Å²) >= 11 is 6.36. The number of pyridine rings is 1. The molecule has 0 radical (unpaired) electrons. The fraction of sp³-hybridized carbons (Fsp3) is 0.250. The Bertz CT molecular complexity index is 1290. The van der Waals surface area contributed by atoms with Crippen LogP contribution in [-0.4, -0.2) is 34.6 Å². The lowest BCUT2D eigenvalue weighted by molar-refractivity contribution is -0.160. The van der Waals surface area contributed by atoms with Gasteiger partial charge in [-0.2, -0.15) is 5.26 Å². The molecular weight excluding hydrogens is 458 g/mol. The number of nitrogens with one attached hydrogen (secondary N) is 2. The molecule has 0 bridgehead atoms. The summed E-state index contributed by atoms with van der Waals surface area (Å²) in [5.74, 6) is -0.962. The van der Waals surface area contributed by atoms with Crippen molar-refractivity contribution in [2.45, 2.75) is 31.7 Å². The predicted octanol–water partition coefficient (Wildman–Crippen LogP) is 2.91. The van der Waals surface area contributed by atoms with Crippen LogP contribution in [0.25, 0.3) is 10.9 Å². The third-order valence-electron chi connectivity index (χ3n) is 5.21. The molecular formula is C24H22ClN5O4. The van der Waals surface area contributed by atoms with Gasteiger partial charge < -0.3 is 14.8 Å². The van der Waals surface area contributed by atoms with E-state index >= 15 is 0 Å². The average molecular weight is 480 g/mol. The Kier molecular flexibility index (Phi) is 6.54. The number of anilines is 1. The lowest BCUT2D eigenvalue weighted by Crippen LogP contribution is -2.68. The summed E-state index contributed by atoms with van der Waals surface area (Å²) in [6.07, 6.45) is 0. The molecule has 0 saturated carbocycles. The maximum Gasteiger partial charge on any atom is 0.368 e. The van der Waals surface area contributed by atoms with Crippen LogP contribution < -0.4 is 20.5 Å². The Balaban J connectivity index is 1.66. The van der Waals surface area contributed by atoms with E-state index in [0.29, 0.717) is 23.5 Å². The number of halogens is 1. The molecule has 1 fully saturated rings. The number of amides is 1. The Labute approximate surface area is 201 Å². The highest BCUT2D eigenvalue weighted by atomic mass is 35.5. The third kappa shape index (κ3) is 4.46. The van der Waals surface area contributed by atoms with Crippen molar-refractivity contribution in [1.29, 1.82) is 5.26 Å². The van der Waals surface area contributed by atoms with Crippen molar-refractivity contribution in [3.05, 3.63) is 65.9 Å². The first-order chi connectivity index (χ1) is 16.4. The second kappa shape index (κ2) is 9.55. The Morgan fingerprint density at radius 2 is 2.09 bits per heavy atom. The molecule has 1 saturated heterocycles. The molecule has 9 nitrogen and oxygen atoms in total. The largest absolute Gasteiger partial charge is 0.487 e. The van der Waals surface area contributed by atoms with Crippen LogP contribution in [0.1, 0.15) is 18.2 Å². The van der Waals surface area contributed by atoms with Gasteiger partial charge in [-0.15, -0.1) is 0 Å². The number of likely N-dealkylation sites (N-methyl/N-ethyl adjacent to an activating group) is 1. The predicted molar refractivity (Wildman–Crippen MR) is 126 cm³/mol. The highest BCUT2D eigenvalue weighted by Crippen LogP contribution is 2.34. The molecule has 3 aromatic rings. The number of cyclic esters (lactones) is 1. The summed E-state index contributed by atoms with van der Waals surface area (Å²) in [6, 6.07) is 17.0. The standard InChI is InChI=1S/C24H22ClN5O4/c1-3-27-22(31)21-23(32)34-24(25,14-26)30(29-21)18-9-5-4-7-17(18)13-33-19-10-6-8-16-12-11-15(2)28-20(16)19/h4-12,21,29H,3,13H2,1-2H3,(H,27,31). The van der Waals surface area contributed by atoms with E-state index in [1.807, 2.05) is 37.3 Å². The van der Waals surface area contributed by atoms with Gasteiger partial charge >= 0.3 is 11.2 Å². The fourth-order valence-electron chi connectivity index (χ4n) is 3.58. The van der Waals surface area contributed by atoms with E-state index in [1.165, 1.54) is 5.01 Å². The van der Waals surface area contributed by atoms with Crippen LogP contribution in [0, 0.1) is 18.3 Å². The van der Waals surface area contributed by atoms with E-state index < -0.39 is 23.1 Å². The lowest BCUT2D eigenvalue weighted by atomic mass is 10.1. The molecule has 34 heavy (non-hydrogen) atoms. The number of carbonyl (C=O) groups is 2. The number of nitriles is 1. The van der Waals surface area contributed by atoms with Crippen LogP contribution in [0.4, 0.5) is 5.69 Å². The van der Waals surface area contributed by atoms with Crippen LogP contribution in [-0.2, 0) is 20.9 Å². The Morgan fingerprint density at radius 3 is 2.85 bits per heavy atom. The monoisotopic (exact) mass is 479 g/mol. The van der Waals surface area contributed by atoms with Crippen molar-refractivity contribution in [1.82, 2.24) is 15.7 Å². The van der Waals surface area contributed by atoms with Gasteiger partial charge in [0, 0.05) is 23.2 Å². The number of aryl methyl sites for hydroxylation is 1. The van der Waals surface area contributed by atoms with E-state index in [1.54, 1.807) is 37.3 Å². The van der Waals surface area contributed by atoms with Gasteiger partial charge in [0.05, 0.1) is 5.69 Å². The molecule has 0 aliphatic carbocycles. The zero-order valence-electron chi connectivity index (χ0n) is 18.5. The number of carbonyl (C=O) groups excluding carboxylic acids is 2. The van der Waals surface area contributed by atoms with E-state index in [2.05, 4.69) is 15.7 Å². The second-order valence-corrected chi connectivity index (χ2v) is 8.10. The summed E-state index contributed by atoms with van der Waals surface area (Å²) in [5, 5.41) is 12.2. The molecule has 0 spiro atoms. The first-order valence-corrected chi connectivity index (χ1v) is 11.0. The van der Waals surface area contributed by atoms with Gasteiger partial charge in [0.2, 0.25) is 6.04 Å². The van der Waals surface area contributed by atoms with Gasteiger partial charge in [0.1, 0.15) is 17.9 Å². The number of rotatable bonds is 6. The minimum Gasteiger partial charge on any atom is -0.487 e. The molecule has 1 aromatic heterocycles. The number of alkyl halides is 1. The van der Waals surface area contributed by atoms with Crippen LogP contribution in [0.5, 0.6) is 5.75 Å². The molecule has 2 N–H and O–H groups in total. The smallest absolute Gasteiger partial charge is 0.368 e. The number of esters is 1. The minimum absolute atomic E-state index is 0.0985. The quantitative estimate of drug-likeness (QED) is 0.240. The number of hydrogen-bond donors (Lipinski definition) is 2. The number of hydrogen-bond acceptors (Lipinski definition) is 8. The van der Waals surface area contributed by atoms with E-state index in [9.17, 15) is 14.9 Å². The number of para-hydroxylation sites is 2. The maximum absolute atomic E-state index is 12.4. The maximum atomic E-state index is 12.4. The van der Waals surface area contributed by atoms with Crippen molar-refractivity contribution < 1.29 is 19.1 Å². The Hall–Kier alpha value is -3.87. The van der Waals surface area contributed by atoms with E-state index in [0.717, 1.165) is 16.6 Å². The normalized spacial score (nSPS) is 19.9. The Morgan fingerprint density at radius 1 is 1.29 bits per heavy atom. The summed E-state index contributed by atoms with van der Waals surface area (Å²) < 4.78 is 11.3. The summed E-state index contributed by atoms with van der Waals surface area (Å²) in [4.78, 5) is 29.3. The molecule has 2 aromatic carbocycles. The molecule has 1 aliphatic rings. The fourth-order valence-corrected chi connectivity index (χ4v) is 3.80. The number of ether oxygens (including phenoxy) is 2. The van der Waals surface area contributed by atoms with Gasteiger partial charge in [-0.25, -0.2) is 20.2 Å². The summed E-state index contributed by atoms with van der Waals surface area (Å²) in [6.45, 7) is 4.04. The van der Waals surface area contributed by atoms with E-state index in [4.69, 9.17) is 21.1 Å². The van der Waals surface area contributed by atoms with Crippen molar-refractivity contribution >= 4 is 40.1 Å². The minimum atomic E-state index is -2.20. The highest BCUT2D eigenvalue weighted by molar-refractivity contribution is 6.27. The van der Waals surface area contributed by atoms with E-state index in [-0.39, 0.29) is 6.61 Å². The first-order valence-electron chi connectivity index (χ1n) is 10.6. The van der Waals surface area contributed by atoms with Gasteiger partial charge in [-0.3, -0.25) is 4.79 Å². The SMILES string of the molecule is CCNC(=O)C1NN(c2ccccc2COc2cccc3ccc(C)nc23)C(Cl)(C#N)OC1=O. The second-order valence-electron chi connectivity index (χ2n) is 7.58. The summed E-state index contributed by atoms with van der Waals surface area (Å²) in [7, 11) is 0. The van der Waals surface area contributed by atoms with Crippen molar-refractivity contribution in [2.24, 2.45) is 0 Å². The molecule has 10 heteroatoms. The number of aromatic nitrogens is 1. The van der Waals surface area contributed by atoms with Gasteiger partial charge in [0.15, 0.2) is 6.07 Å². The first kappa shape index (κ1) is 23.3. The molecule has 4 rings (SSSR count). The molecule has 2 heterocycles. The third-order valence-corrected chi connectivity index (χ3v) is 5.54. The van der Waals surface area contributed by atoms with Gasteiger partial charge in [-0.05, 0) is 43.6 Å². The van der Waals surface area contributed by atoms with Crippen molar-refractivity contribution in [3.8, 4) is 11.8 Å². The molecule has 1 aliphatic heterocycles. The zero-order chi connectivity index (χ0) is 24.3. The topological polar surface area (TPSA) is 117 Å². The molecule has 174 valence electrons. The zero-order valence-corrected chi connectivity index (χ0v) is 19.3. The molecule has 2 atom stereocenters. The number of nitrogens with zero attached hydrogens (tertiary/aromatic N) is 3. The lowest BCUT2D eigenvalue weighted by Gasteiger charge is -2.41. The average Bonchev–Trinajstić information content (AvgIpc) is 2.83. The summed E-state index contributed by atoms with van der Waals surface area (Å²) in [5.41, 5.74) is 5.37. The number of hydrazine groups is 1. The van der Waals surface area contributed by atoms with Crippen LogP contribution in [0.2, 0.25) is 0 Å².